The SMILES string of the molecule is CC(C)O[C@@H]1OC(C)[C@@H](O[C@@H]2OC(CO)C(O)(O)[C@H](OC(C)C)C2O)CC1O. The third kappa shape index (κ3) is 5.39. The summed E-state index contributed by atoms with van der Waals surface area (Å²) in [5.41, 5.74) is 0. The van der Waals surface area contributed by atoms with Crippen LogP contribution in [0.15, 0.2) is 0 Å². The fourth-order valence-electron chi connectivity index (χ4n) is 3.34. The Morgan fingerprint density at radius 2 is 1.61 bits per heavy atom. The average Bonchev–Trinajstić information content (AvgIpc) is 2.57. The van der Waals surface area contributed by atoms with Gasteiger partial charge in [0.25, 0.3) is 0 Å². The van der Waals surface area contributed by atoms with Crippen molar-refractivity contribution in [2.45, 2.75) is 108 Å². The molecule has 0 aromatic carbocycles. The van der Waals surface area contributed by atoms with Gasteiger partial charge in [-0.05, 0) is 34.6 Å². The number of aliphatic hydroxyl groups excluding tert-OH is 3. The zero-order valence-corrected chi connectivity index (χ0v) is 17.0. The number of aliphatic hydroxyl groups is 5. The van der Waals surface area contributed by atoms with E-state index in [-0.39, 0.29) is 12.5 Å². The van der Waals surface area contributed by atoms with Gasteiger partial charge < -0.3 is 49.2 Å². The summed E-state index contributed by atoms with van der Waals surface area (Å²) in [4.78, 5) is 0. The van der Waals surface area contributed by atoms with Crippen LogP contribution in [0.3, 0.4) is 0 Å². The first-order chi connectivity index (χ1) is 13.0. The second kappa shape index (κ2) is 9.61. The highest BCUT2D eigenvalue weighted by atomic mass is 16.7. The normalized spacial score (nSPS) is 41.6. The quantitative estimate of drug-likeness (QED) is 0.326. The second-order valence-electron chi connectivity index (χ2n) is 7.93. The molecule has 2 heterocycles. The van der Waals surface area contributed by atoms with E-state index in [9.17, 15) is 25.5 Å². The van der Waals surface area contributed by atoms with E-state index in [1.807, 2.05) is 13.8 Å². The Morgan fingerprint density at radius 3 is 2.14 bits per heavy atom. The number of hydrogen-bond acceptors (Lipinski definition) is 10. The number of rotatable bonds is 7. The zero-order valence-electron chi connectivity index (χ0n) is 17.0. The van der Waals surface area contributed by atoms with Crippen molar-refractivity contribution in [3.63, 3.8) is 0 Å². The summed E-state index contributed by atoms with van der Waals surface area (Å²) in [5, 5.41) is 50.9. The van der Waals surface area contributed by atoms with Gasteiger partial charge in [-0.25, -0.2) is 0 Å². The lowest BCUT2D eigenvalue weighted by molar-refractivity contribution is -0.406. The Hall–Kier alpha value is -0.400. The van der Waals surface area contributed by atoms with Crippen LogP contribution >= 0.6 is 0 Å². The molecule has 0 radical (unpaired) electrons. The van der Waals surface area contributed by atoms with Gasteiger partial charge in [-0.2, -0.15) is 0 Å². The van der Waals surface area contributed by atoms with Crippen molar-refractivity contribution in [3.05, 3.63) is 0 Å². The van der Waals surface area contributed by atoms with E-state index >= 15 is 0 Å². The Bertz CT molecular complexity index is 485. The molecule has 0 aliphatic carbocycles. The maximum Gasteiger partial charge on any atom is 0.222 e. The summed E-state index contributed by atoms with van der Waals surface area (Å²) in [6, 6.07) is 0. The van der Waals surface area contributed by atoms with Gasteiger partial charge in [0.15, 0.2) is 12.6 Å². The standard InChI is InChI=1S/C18H34O10/c1-8(2)24-15-14(21)17(28-13(7-19)18(15,22)23)27-12-6-11(20)16(25-9(3)4)26-10(12)5/h8-17,19-23H,6-7H2,1-5H3/t10?,11?,12-,13?,14?,15+,16+,17+/m0/s1. The molecule has 28 heavy (non-hydrogen) atoms. The number of ether oxygens (including phenoxy) is 5. The Kier molecular flexibility index (Phi) is 8.19. The minimum atomic E-state index is -2.61. The van der Waals surface area contributed by atoms with Crippen LogP contribution in [0, 0.1) is 0 Å². The van der Waals surface area contributed by atoms with Crippen LogP contribution in [0.1, 0.15) is 41.0 Å². The van der Waals surface area contributed by atoms with Gasteiger partial charge in [-0.1, -0.05) is 0 Å². The van der Waals surface area contributed by atoms with Crippen LogP contribution in [0.25, 0.3) is 0 Å². The van der Waals surface area contributed by atoms with Crippen molar-refractivity contribution >= 4 is 0 Å². The fourth-order valence-corrected chi connectivity index (χ4v) is 3.34. The molecule has 10 heteroatoms. The highest BCUT2D eigenvalue weighted by molar-refractivity contribution is 4.96. The smallest absolute Gasteiger partial charge is 0.222 e. The van der Waals surface area contributed by atoms with Gasteiger partial charge in [0.1, 0.15) is 24.4 Å². The maximum atomic E-state index is 10.6. The van der Waals surface area contributed by atoms with Crippen LogP contribution in [-0.2, 0) is 23.7 Å². The highest BCUT2D eigenvalue weighted by Gasteiger charge is 2.56. The molecule has 2 aliphatic heterocycles. The topological polar surface area (TPSA) is 147 Å². The lowest BCUT2D eigenvalue weighted by Gasteiger charge is -2.48. The van der Waals surface area contributed by atoms with E-state index in [2.05, 4.69) is 0 Å². The van der Waals surface area contributed by atoms with E-state index in [1.54, 1.807) is 20.8 Å². The molecular weight excluding hydrogens is 376 g/mol. The van der Waals surface area contributed by atoms with Crippen LogP contribution in [0.5, 0.6) is 0 Å². The molecule has 10 nitrogen and oxygen atoms in total. The largest absolute Gasteiger partial charge is 0.393 e. The molecule has 166 valence electrons. The molecule has 0 bridgehead atoms. The summed E-state index contributed by atoms with van der Waals surface area (Å²) in [7, 11) is 0. The first-order valence-electron chi connectivity index (χ1n) is 9.66. The minimum Gasteiger partial charge on any atom is -0.393 e. The zero-order chi connectivity index (χ0) is 21.2. The minimum absolute atomic E-state index is 0.130. The van der Waals surface area contributed by atoms with Crippen LogP contribution in [0.4, 0.5) is 0 Å². The van der Waals surface area contributed by atoms with Gasteiger partial charge in [0.2, 0.25) is 5.79 Å². The molecule has 0 amide bonds. The summed E-state index contributed by atoms with van der Waals surface area (Å²) in [6.45, 7) is 8.01. The van der Waals surface area contributed by atoms with Gasteiger partial charge in [0.05, 0.1) is 31.0 Å². The predicted octanol–water partition coefficient (Wildman–Crippen LogP) is -1.15. The van der Waals surface area contributed by atoms with Gasteiger partial charge in [-0.3, -0.25) is 0 Å². The molecule has 2 fully saturated rings. The summed E-state index contributed by atoms with van der Waals surface area (Å²) in [6.07, 6.45) is -9.08. The van der Waals surface area contributed by atoms with Gasteiger partial charge in [-0.15, -0.1) is 0 Å². The molecule has 0 spiro atoms. The van der Waals surface area contributed by atoms with Crippen LogP contribution in [0.2, 0.25) is 0 Å². The molecule has 0 aromatic heterocycles. The van der Waals surface area contributed by atoms with E-state index in [1.165, 1.54) is 0 Å². The molecule has 2 rings (SSSR count). The third-order valence-electron chi connectivity index (χ3n) is 4.74. The van der Waals surface area contributed by atoms with E-state index < -0.39 is 67.7 Å². The van der Waals surface area contributed by atoms with E-state index in [0.717, 1.165) is 0 Å². The fraction of sp³-hybridized carbons (Fsp3) is 1.00. The van der Waals surface area contributed by atoms with Gasteiger partial charge in [0, 0.05) is 6.42 Å². The predicted molar refractivity (Wildman–Crippen MR) is 95.0 cm³/mol. The van der Waals surface area contributed by atoms with Crippen molar-refractivity contribution in [2.24, 2.45) is 0 Å². The van der Waals surface area contributed by atoms with Crippen molar-refractivity contribution in [1.82, 2.24) is 0 Å². The Morgan fingerprint density at radius 1 is 1.00 bits per heavy atom. The van der Waals surface area contributed by atoms with Crippen molar-refractivity contribution < 1.29 is 49.2 Å². The first kappa shape index (κ1) is 23.9. The molecular formula is C18H34O10. The lowest BCUT2D eigenvalue weighted by Crippen LogP contribution is -2.69. The van der Waals surface area contributed by atoms with Gasteiger partial charge >= 0.3 is 0 Å². The lowest BCUT2D eigenvalue weighted by atomic mass is 9.94. The Balaban J connectivity index is 2.10. The molecule has 0 aromatic rings. The van der Waals surface area contributed by atoms with Crippen molar-refractivity contribution in [1.29, 1.82) is 0 Å². The average molecular weight is 410 g/mol. The number of hydrogen-bond donors (Lipinski definition) is 5. The van der Waals surface area contributed by atoms with E-state index in [4.69, 9.17) is 23.7 Å². The van der Waals surface area contributed by atoms with Crippen LogP contribution in [-0.4, -0.2) is 99.3 Å². The van der Waals surface area contributed by atoms with Crippen molar-refractivity contribution in [2.75, 3.05) is 6.61 Å². The summed E-state index contributed by atoms with van der Waals surface area (Å²) < 4.78 is 27.8. The first-order valence-corrected chi connectivity index (χ1v) is 9.66. The summed E-state index contributed by atoms with van der Waals surface area (Å²) in [5.74, 6) is -2.61. The molecule has 5 N–H and O–H groups in total. The summed E-state index contributed by atoms with van der Waals surface area (Å²) >= 11 is 0. The monoisotopic (exact) mass is 410 g/mol. The van der Waals surface area contributed by atoms with Crippen LogP contribution < -0.4 is 0 Å². The van der Waals surface area contributed by atoms with Crippen molar-refractivity contribution in [3.8, 4) is 0 Å². The Labute approximate surface area is 164 Å². The second-order valence-corrected chi connectivity index (χ2v) is 7.93. The maximum absolute atomic E-state index is 10.6. The highest BCUT2D eigenvalue weighted by Crippen LogP contribution is 2.34. The molecule has 2 aliphatic rings. The molecule has 0 saturated carbocycles. The molecule has 8 atom stereocenters. The van der Waals surface area contributed by atoms with E-state index in [0.29, 0.717) is 0 Å². The third-order valence-corrected chi connectivity index (χ3v) is 4.74. The molecule has 4 unspecified atom stereocenters. The molecule has 2 saturated heterocycles.